The highest BCUT2D eigenvalue weighted by molar-refractivity contribution is 7.99. The third kappa shape index (κ3) is 5.28. The Morgan fingerprint density at radius 1 is 1.41 bits per heavy atom. The Balaban J connectivity index is 2.61. The Kier molecular flexibility index (Phi) is 6.93. The summed E-state index contributed by atoms with van der Waals surface area (Å²) in [5, 5.41) is 3.65. The van der Waals surface area contributed by atoms with Crippen LogP contribution in [0.25, 0.3) is 0 Å². The van der Waals surface area contributed by atoms with Crippen LogP contribution < -0.4 is 5.32 Å². The van der Waals surface area contributed by atoms with E-state index in [-0.39, 0.29) is 10.8 Å². The van der Waals surface area contributed by atoms with E-state index in [0.717, 1.165) is 30.0 Å². The molecule has 0 aliphatic carbocycles. The van der Waals surface area contributed by atoms with Crippen LogP contribution in [0.2, 0.25) is 5.02 Å². The molecule has 0 amide bonds. The second kappa shape index (κ2) is 7.96. The molecule has 1 atom stereocenters. The van der Waals surface area contributed by atoms with Gasteiger partial charge in [0.1, 0.15) is 5.82 Å². The zero-order valence-electron chi connectivity index (χ0n) is 10.3. The summed E-state index contributed by atoms with van der Waals surface area (Å²) in [6.07, 6.45) is 0.890. The fourth-order valence-electron chi connectivity index (χ4n) is 1.69. The van der Waals surface area contributed by atoms with Crippen LogP contribution in [-0.4, -0.2) is 24.1 Å². The molecule has 4 heteroatoms. The van der Waals surface area contributed by atoms with Crippen molar-refractivity contribution in [2.45, 2.75) is 26.3 Å². The molecule has 0 aliphatic heterocycles. The van der Waals surface area contributed by atoms with E-state index >= 15 is 0 Å². The number of rotatable bonds is 7. The monoisotopic (exact) mass is 275 g/mol. The van der Waals surface area contributed by atoms with Crippen LogP contribution in [0.3, 0.4) is 0 Å². The predicted octanol–water partition coefficient (Wildman–Crippen LogP) is 3.75. The van der Waals surface area contributed by atoms with Crippen LogP contribution in [0.15, 0.2) is 18.2 Å². The molecule has 1 nitrogen and oxygen atoms in total. The second-order valence-electron chi connectivity index (χ2n) is 3.87. The number of benzene rings is 1. The van der Waals surface area contributed by atoms with Crippen molar-refractivity contribution in [2.24, 2.45) is 0 Å². The van der Waals surface area contributed by atoms with E-state index < -0.39 is 0 Å². The van der Waals surface area contributed by atoms with Gasteiger partial charge >= 0.3 is 0 Å². The largest absolute Gasteiger partial charge is 0.313 e. The van der Waals surface area contributed by atoms with Crippen molar-refractivity contribution in [1.29, 1.82) is 0 Å². The lowest BCUT2D eigenvalue weighted by atomic mass is 10.1. The zero-order chi connectivity index (χ0) is 12.7. The van der Waals surface area contributed by atoms with Gasteiger partial charge in [-0.2, -0.15) is 11.8 Å². The molecule has 0 saturated heterocycles. The van der Waals surface area contributed by atoms with Gasteiger partial charge < -0.3 is 5.32 Å². The Bertz CT molecular complexity index is 346. The van der Waals surface area contributed by atoms with E-state index in [4.69, 9.17) is 11.6 Å². The molecular formula is C13H19ClFNS. The quantitative estimate of drug-likeness (QED) is 0.813. The minimum absolute atomic E-state index is 0.209. The van der Waals surface area contributed by atoms with Crippen molar-refractivity contribution < 1.29 is 4.39 Å². The van der Waals surface area contributed by atoms with Crippen molar-refractivity contribution >= 4 is 23.4 Å². The van der Waals surface area contributed by atoms with E-state index in [1.54, 1.807) is 6.07 Å². The molecule has 0 spiro atoms. The number of hydrogen-bond donors (Lipinski definition) is 1. The van der Waals surface area contributed by atoms with Gasteiger partial charge in [0.2, 0.25) is 0 Å². The van der Waals surface area contributed by atoms with Gasteiger partial charge in [-0.15, -0.1) is 0 Å². The van der Waals surface area contributed by atoms with Crippen molar-refractivity contribution in [3.63, 3.8) is 0 Å². The highest BCUT2D eigenvalue weighted by atomic mass is 35.5. The Morgan fingerprint density at radius 3 is 2.76 bits per heavy atom. The first kappa shape index (κ1) is 14.8. The summed E-state index contributed by atoms with van der Waals surface area (Å²) in [6.45, 7) is 5.20. The highest BCUT2D eigenvalue weighted by Crippen LogP contribution is 2.18. The van der Waals surface area contributed by atoms with E-state index in [1.807, 2.05) is 17.8 Å². The SMILES string of the molecule is CCNC(CSCC)Cc1ccc(F)c(Cl)c1. The average Bonchev–Trinajstić information content (AvgIpc) is 2.31. The molecule has 1 N–H and O–H groups in total. The number of nitrogens with one attached hydrogen (secondary N) is 1. The maximum absolute atomic E-state index is 13.0. The molecule has 1 rings (SSSR count). The summed E-state index contributed by atoms with van der Waals surface area (Å²) in [6, 6.07) is 5.39. The summed E-state index contributed by atoms with van der Waals surface area (Å²) in [7, 11) is 0. The molecule has 0 fully saturated rings. The standard InChI is InChI=1S/C13H19ClFNS/c1-3-16-11(9-17-4-2)7-10-5-6-13(15)12(14)8-10/h5-6,8,11,16H,3-4,7,9H2,1-2H3. The van der Waals surface area contributed by atoms with E-state index in [2.05, 4.69) is 19.2 Å². The minimum atomic E-state index is -0.349. The number of hydrogen-bond acceptors (Lipinski definition) is 2. The molecule has 0 aromatic heterocycles. The predicted molar refractivity (Wildman–Crippen MR) is 75.6 cm³/mol. The van der Waals surface area contributed by atoms with Crippen molar-refractivity contribution in [1.82, 2.24) is 5.32 Å². The third-order valence-corrected chi connectivity index (χ3v) is 3.82. The maximum atomic E-state index is 13.0. The minimum Gasteiger partial charge on any atom is -0.313 e. The molecule has 1 unspecified atom stereocenters. The Morgan fingerprint density at radius 2 is 2.18 bits per heavy atom. The van der Waals surface area contributed by atoms with Crippen LogP contribution in [0.5, 0.6) is 0 Å². The summed E-state index contributed by atoms with van der Waals surface area (Å²) in [4.78, 5) is 0. The molecular weight excluding hydrogens is 257 g/mol. The Labute approximate surface area is 112 Å². The van der Waals surface area contributed by atoms with Crippen molar-refractivity contribution in [2.75, 3.05) is 18.1 Å². The lowest BCUT2D eigenvalue weighted by Crippen LogP contribution is -2.33. The number of likely N-dealkylation sites (N-methyl/N-ethyl adjacent to an activating group) is 1. The fourth-order valence-corrected chi connectivity index (χ4v) is 2.65. The first-order chi connectivity index (χ1) is 8.17. The van der Waals surface area contributed by atoms with Crippen LogP contribution >= 0.6 is 23.4 Å². The maximum Gasteiger partial charge on any atom is 0.141 e. The molecule has 0 aliphatic rings. The van der Waals surface area contributed by atoms with Crippen LogP contribution in [0.4, 0.5) is 4.39 Å². The van der Waals surface area contributed by atoms with Crippen molar-refractivity contribution in [3.8, 4) is 0 Å². The first-order valence-corrected chi connectivity index (χ1v) is 7.45. The number of halogens is 2. The van der Waals surface area contributed by atoms with Gasteiger partial charge in [-0.1, -0.05) is 31.5 Å². The first-order valence-electron chi connectivity index (χ1n) is 5.92. The number of thioether (sulfide) groups is 1. The van der Waals surface area contributed by atoms with E-state index in [9.17, 15) is 4.39 Å². The van der Waals surface area contributed by atoms with Gasteiger partial charge in [0.05, 0.1) is 5.02 Å². The van der Waals surface area contributed by atoms with Crippen LogP contribution in [0.1, 0.15) is 19.4 Å². The summed E-state index contributed by atoms with van der Waals surface area (Å²) >= 11 is 7.69. The van der Waals surface area contributed by atoms with Gasteiger partial charge in [-0.25, -0.2) is 4.39 Å². The molecule has 17 heavy (non-hydrogen) atoms. The second-order valence-corrected chi connectivity index (χ2v) is 5.59. The van der Waals surface area contributed by atoms with Crippen LogP contribution in [-0.2, 0) is 6.42 Å². The molecule has 1 aromatic carbocycles. The molecule has 0 heterocycles. The summed E-state index contributed by atoms with van der Waals surface area (Å²) < 4.78 is 13.0. The van der Waals surface area contributed by atoms with Gasteiger partial charge in [0.15, 0.2) is 0 Å². The van der Waals surface area contributed by atoms with Gasteiger partial charge in [0.25, 0.3) is 0 Å². The summed E-state index contributed by atoms with van der Waals surface area (Å²) in [5.74, 6) is 1.84. The van der Waals surface area contributed by atoms with Gasteiger partial charge in [-0.05, 0) is 36.4 Å². The van der Waals surface area contributed by atoms with E-state index in [1.165, 1.54) is 6.07 Å². The Hall–Kier alpha value is -0.250. The van der Waals surface area contributed by atoms with E-state index in [0.29, 0.717) is 6.04 Å². The topological polar surface area (TPSA) is 12.0 Å². The normalized spacial score (nSPS) is 12.7. The lowest BCUT2D eigenvalue weighted by Gasteiger charge is -2.17. The van der Waals surface area contributed by atoms with Crippen LogP contribution in [0, 0.1) is 5.82 Å². The molecule has 0 saturated carbocycles. The van der Waals surface area contributed by atoms with Gasteiger partial charge in [-0.3, -0.25) is 0 Å². The lowest BCUT2D eigenvalue weighted by molar-refractivity contribution is 0.571. The fraction of sp³-hybridized carbons (Fsp3) is 0.538. The smallest absolute Gasteiger partial charge is 0.141 e. The molecule has 1 aromatic rings. The van der Waals surface area contributed by atoms with Crippen molar-refractivity contribution in [3.05, 3.63) is 34.6 Å². The molecule has 0 radical (unpaired) electrons. The summed E-state index contributed by atoms with van der Waals surface area (Å²) in [5.41, 5.74) is 1.08. The third-order valence-electron chi connectivity index (χ3n) is 2.48. The molecule has 96 valence electrons. The van der Waals surface area contributed by atoms with Gasteiger partial charge in [0, 0.05) is 11.8 Å². The average molecular weight is 276 g/mol. The highest BCUT2D eigenvalue weighted by Gasteiger charge is 2.09. The zero-order valence-corrected chi connectivity index (χ0v) is 11.9. The molecule has 0 bridgehead atoms.